The predicted molar refractivity (Wildman–Crippen MR) is 84.3 cm³/mol. The number of hydrazine groups is 1. The van der Waals surface area contributed by atoms with Crippen molar-refractivity contribution in [1.29, 1.82) is 0 Å². The zero-order valence-electron chi connectivity index (χ0n) is 14.9. The van der Waals surface area contributed by atoms with Crippen LogP contribution >= 0.6 is 0 Å². The average Bonchev–Trinajstić information content (AvgIpc) is 2.67. The highest BCUT2D eigenvalue weighted by Crippen LogP contribution is 2.27. The third-order valence-electron chi connectivity index (χ3n) is 3.00. The number of amides is 1. The first-order valence-corrected chi connectivity index (χ1v) is 7.67. The first-order valence-electron chi connectivity index (χ1n) is 7.67. The number of carbonyl (C=O) groups excluding carboxylic acids is 2. The summed E-state index contributed by atoms with van der Waals surface area (Å²) in [7, 11) is 0. The van der Waals surface area contributed by atoms with Gasteiger partial charge in [0.05, 0.1) is 6.54 Å². The van der Waals surface area contributed by atoms with Crippen LogP contribution in [0.3, 0.4) is 0 Å². The lowest BCUT2D eigenvalue weighted by Crippen LogP contribution is -2.50. The minimum absolute atomic E-state index is 0.165. The number of esters is 1. The molecule has 0 aromatic rings. The van der Waals surface area contributed by atoms with Crippen LogP contribution in [0.5, 0.6) is 0 Å². The molecule has 0 aromatic heterocycles. The zero-order valence-corrected chi connectivity index (χ0v) is 14.9. The number of nitrogens with two attached hydrogens (primary N) is 1. The number of ether oxygens (including phenoxy) is 3. The van der Waals surface area contributed by atoms with Crippen molar-refractivity contribution in [3.63, 3.8) is 0 Å². The molecule has 1 fully saturated rings. The van der Waals surface area contributed by atoms with Gasteiger partial charge in [-0.3, -0.25) is 11.2 Å². The van der Waals surface area contributed by atoms with Gasteiger partial charge in [-0.1, -0.05) is 0 Å². The van der Waals surface area contributed by atoms with Crippen LogP contribution in [0.25, 0.3) is 0 Å². The molecule has 0 aromatic carbocycles. The van der Waals surface area contributed by atoms with Gasteiger partial charge in [0.1, 0.15) is 17.9 Å². The Morgan fingerprint density at radius 3 is 2.13 bits per heavy atom. The molecule has 1 heterocycles. The molecule has 8 nitrogen and oxygen atoms in total. The lowest BCUT2D eigenvalue weighted by atomic mass is 10.0. The normalized spacial score (nSPS) is 22.7. The van der Waals surface area contributed by atoms with Crippen LogP contribution < -0.4 is 11.2 Å². The number of carbonyl (C=O) groups is 2. The number of hydrogen-bond acceptors (Lipinski definition) is 7. The molecule has 134 valence electrons. The van der Waals surface area contributed by atoms with E-state index in [0.29, 0.717) is 13.0 Å². The second-order valence-corrected chi connectivity index (χ2v) is 7.68. The van der Waals surface area contributed by atoms with Crippen molar-refractivity contribution in [2.24, 2.45) is 5.84 Å². The highest BCUT2D eigenvalue weighted by Gasteiger charge is 2.48. The number of nitrogens with one attached hydrogen (secondary N) is 1. The minimum Gasteiger partial charge on any atom is -0.458 e. The Kier molecular flexibility index (Phi) is 6.00. The molecule has 8 heteroatoms. The smallest absolute Gasteiger partial charge is 0.409 e. The van der Waals surface area contributed by atoms with Crippen LogP contribution in [0.15, 0.2) is 0 Å². The Hall–Kier alpha value is -1.38. The molecule has 0 aliphatic carbocycles. The summed E-state index contributed by atoms with van der Waals surface area (Å²) in [6.45, 7) is 11.2. The lowest BCUT2D eigenvalue weighted by Gasteiger charge is -2.31. The van der Waals surface area contributed by atoms with Crippen molar-refractivity contribution in [3.05, 3.63) is 0 Å². The van der Waals surface area contributed by atoms with E-state index >= 15 is 0 Å². The number of rotatable bonds is 4. The summed E-state index contributed by atoms with van der Waals surface area (Å²) in [4.78, 5) is 24.1. The molecule has 1 aliphatic rings. The molecule has 3 N–H and O–H groups in total. The fourth-order valence-corrected chi connectivity index (χ4v) is 2.07. The van der Waals surface area contributed by atoms with Gasteiger partial charge < -0.3 is 14.2 Å². The van der Waals surface area contributed by atoms with Crippen molar-refractivity contribution >= 4 is 12.1 Å². The van der Waals surface area contributed by atoms with Crippen LogP contribution in [0.2, 0.25) is 0 Å². The summed E-state index contributed by atoms with van der Waals surface area (Å²) in [6.07, 6.45) is -0.214. The van der Waals surface area contributed by atoms with Gasteiger partial charge in [0, 0.05) is 13.0 Å². The highest BCUT2D eigenvalue weighted by atomic mass is 16.6. The second kappa shape index (κ2) is 7.02. The highest BCUT2D eigenvalue weighted by molar-refractivity contribution is 5.81. The molecule has 1 rings (SSSR count). The molecule has 1 aliphatic heterocycles. The first kappa shape index (κ1) is 19.7. The topological polar surface area (TPSA) is 103 Å². The summed E-state index contributed by atoms with van der Waals surface area (Å²) >= 11 is 0. The van der Waals surface area contributed by atoms with Crippen molar-refractivity contribution in [1.82, 2.24) is 10.3 Å². The average molecular weight is 331 g/mol. The van der Waals surface area contributed by atoms with E-state index in [2.05, 4.69) is 5.32 Å². The Labute approximate surface area is 137 Å². The summed E-state index contributed by atoms with van der Waals surface area (Å²) in [5.41, 5.74) is -2.42. The van der Waals surface area contributed by atoms with Gasteiger partial charge in [0.25, 0.3) is 0 Å². The lowest BCUT2D eigenvalue weighted by molar-refractivity contribution is -0.183. The predicted octanol–water partition coefficient (Wildman–Crippen LogP) is 1.15. The van der Waals surface area contributed by atoms with E-state index in [1.165, 1.54) is 5.01 Å². The van der Waals surface area contributed by atoms with Crippen molar-refractivity contribution in [2.75, 3.05) is 19.8 Å². The van der Waals surface area contributed by atoms with Crippen LogP contribution in [0.1, 0.15) is 48.0 Å². The summed E-state index contributed by atoms with van der Waals surface area (Å²) in [6, 6.07) is 0. The second-order valence-electron chi connectivity index (χ2n) is 7.68. The molecule has 0 radical (unpaired) electrons. The van der Waals surface area contributed by atoms with E-state index in [1.807, 2.05) is 0 Å². The summed E-state index contributed by atoms with van der Waals surface area (Å²) in [5, 5.41) is 3.97. The molecule has 0 bridgehead atoms. The van der Waals surface area contributed by atoms with Gasteiger partial charge in [-0.2, -0.15) is 0 Å². The maximum absolute atomic E-state index is 12.5. The monoisotopic (exact) mass is 331 g/mol. The van der Waals surface area contributed by atoms with E-state index in [1.54, 1.807) is 41.5 Å². The number of hydrogen-bond donors (Lipinski definition) is 2. The van der Waals surface area contributed by atoms with Gasteiger partial charge in [-0.15, -0.1) is 0 Å². The standard InChI is InChI=1S/C15H29N3O5/c1-13(2,3)22-11(19)15(7-8-18(16)9-15)21-10-17-12(20)23-14(4,5)6/h7-10,16H2,1-6H3,(H,17,20). The Morgan fingerprint density at radius 2 is 1.70 bits per heavy atom. The van der Waals surface area contributed by atoms with Crippen LogP contribution in [0, 0.1) is 0 Å². The van der Waals surface area contributed by atoms with Gasteiger partial charge in [-0.05, 0) is 41.5 Å². The van der Waals surface area contributed by atoms with Gasteiger partial charge in [0.15, 0.2) is 5.60 Å². The zero-order chi connectivity index (χ0) is 17.9. The maximum Gasteiger partial charge on any atom is 0.409 e. The van der Waals surface area contributed by atoms with Gasteiger partial charge >= 0.3 is 12.1 Å². The Bertz CT molecular complexity index is 441. The maximum atomic E-state index is 12.5. The van der Waals surface area contributed by atoms with E-state index in [4.69, 9.17) is 20.1 Å². The molecule has 23 heavy (non-hydrogen) atoms. The third-order valence-corrected chi connectivity index (χ3v) is 3.00. The quantitative estimate of drug-likeness (QED) is 0.452. The molecular weight excluding hydrogens is 302 g/mol. The van der Waals surface area contributed by atoms with Gasteiger partial charge in [0.2, 0.25) is 0 Å². The van der Waals surface area contributed by atoms with Crippen molar-refractivity contribution in [3.8, 4) is 0 Å². The molecule has 1 atom stereocenters. The van der Waals surface area contributed by atoms with E-state index in [9.17, 15) is 9.59 Å². The fraction of sp³-hybridized carbons (Fsp3) is 0.867. The number of nitrogens with zero attached hydrogens (tertiary/aromatic N) is 1. The SMILES string of the molecule is CC(C)(C)OC(=O)NCOC1(C(=O)OC(C)(C)C)CCN(N)C1. The van der Waals surface area contributed by atoms with Crippen LogP contribution in [-0.4, -0.2) is 53.7 Å². The van der Waals surface area contributed by atoms with Crippen LogP contribution in [-0.2, 0) is 19.0 Å². The summed E-state index contributed by atoms with van der Waals surface area (Å²) < 4.78 is 16.2. The Morgan fingerprint density at radius 1 is 1.13 bits per heavy atom. The van der Waals surface area contributed by atoms with E-state index in [0.717, 1.165) is 0 Å². The largest absolute Gasteiger partial charge is 0.458 e. The molecule has 0 saturated carbocycles. The Balaban J connectivity index is 2.63. The van der Waals surface area contributed by atoms with Crippen LogP contribution in [0.4, 0.5) is 4.79 Å². The number of alkyl carbamates (subject to hydrolysis) is 1. The molecular formula is C15H29N3O5. The van der Waals surface area contributed by atoms with Crippen molar-refractivity contribution in [2.45, 2.75) is 64.8 Å². The van der Waals surface area contributed by atoms with Gasteiger partial charge in [-0.25, -0.2) is 14.6 Å². The molecule has 0 spiro atoms. The molecule has 1 saturated heterocycles. The van der Waals surface area contributed by atoms with E-state index < -0.39 is 28.9 Å². The minimum atomic E-state index is -1.18. The molecule has 1 unspecified atom stereocenters. The fourth-order valence-electron chi connectivity index (χ4n) is 2.07. The summed E-state index contributed by atoms with van der Waals surface area (Å²) in [5.74, 6) is 5.28. The van der Waals surface area contributed by atoms with Crippen molar-refractivity contribution < 1.29 is 23.8 Å². The third kappa shape index (κ3) is 6.72. The van der Waals surface area contributed by atoms with E-state index in [-0.39, 0.29) is 13.3 Å². The molecule has 1 amide bonds. The first-order chi connectivity index (χ1) is 10.3.